The number of carbonyl (C=O) groups excluding carboxylic acids is 1. The van der Waals surface area contributed by atoms with Gasteiger partial charge in [-0.1, -0.05) is 11.6 Å². The highest BCUT2D eigenvalue weighted by atomic mass is 35.5. The van der Waals surface area contributed by atoms with E-state index in [0.29, 0.717) is 36.0 Å². The van der Waals surface area contributed by atoms with Crippen molar-refractivity contribution in [3.63, 3.8) is 0 Å². The van der Waals surface area contributed by atoms with Crippen molar-refractivity contribution >= 4 is 17.5 Å². The third kappa shape index (κ3) is 2.24. The zero-order chi connectivity index (χ0) is 16.1. The van der Waals surface area contributed by atoms with Crippen molar-refractivity contribution in [1.82, 2.24) is 9.78 Å². The third-order valence-corrected chi connectivity index (χ3v) is 4.97. The van der Waals surface area contributed by atoms with Crippen LogP contribution in [0.3, 0.4) is 0 Å². The summed E-state index contributed by atoms with van der Waals surface area (Å²) in [4.78, 5) is 12.0. The lowest BCUT2D eigenvalue weighted by Gasteiger charge is -2.25. The smallest absolute Gasteiger partial charge is 0.252 e. The molecule has 4 rings (SSSR count). The van der Waals surface area contributed by atoms with Crippen LogP contribution in [0, 0.1) is 11.7 Å². The number of hydrogen-bond donors (Lipinski definition) is 1. The van der Waals surface area contributed by atoms with Crippen molar-refractivity contribution < 1.29 is 13.9 Å². The minimum Gasteiger partial charge on any atom is -0.379 e. The number of ether oxygens (including phenoxy) is 1. The summed E-state index contributed by atoms with van der Waals surface area (Å²) >= 11 is 5.87. The van der Waals surface area contributed by atoms with Gasteiger partial charge in [-0.05, 0) is 31.0 Å². The molecule has 0 radical (unpaired) electrons. The summed E-state index contributed by atoms with van der Waals surface area (Å²) in [7, 11) is 0. The van der Waals surface area contributed by atoms with E-state index >= 15 is 0 Å². The van der Waals surface area contributed by atoms with Crippen LogP contribution in [0.25, 0.3) is 11.3 Å². The number of amides is 1. The van der Waals surface area contributed by atoms with Gasteiger partial charge in [0, 0.05) is 11.5 Å². The summed E-state index contributed by atoms with van der Waals surface area (Å²) < 4.78 is 20.8. The minimum atomic E-state index is -0.529. The molecule has 2 aliphatic heterocycles. The number of rotatable bonds is 2. The molecular weight excluding hydrogens is 321 g/mol. The van der Waals surface area contributed by atoms with Crippen molar-refractivity contribution in [2.75, 3.05) is 13.2 Å². The zero-order valence-electron chi connectivity index (χ0n) is 12.3. The highest BCUT2D eigenvalue weighted by Gasteiger charge is 2.38. The summed E-state index contributed by atoms with van der Waals surface area (Å²) in [5.74, 6) is -0.629. The maximum absolute atomic E-state index is 13.4. The van der Waals surface area contributed by atoms with Crippen molar-refractivity contribution in [1.29, 1.82) is 0 Å². The number of carbonyl (C=O) groups is 1. The predicted octanol–water partition coefficient (Wildman–Crippen LogP) is 2.58. The van der Waals surface area contributed by atoms with Crippen LogP contribution in [0.1, 0.15) is 28.5 Å². The van der Waals surface area contributed by atoms with Gasteiger partial charge in [-0.3, -0.25) is 9.48 Å². The molecule has 0 bridgehead atoms. The van der Waals surface area contributed by atoms with Gasteiger partial charge in [0.15, 0.2) is 0 Å². The van der Waals surface area contributed by atoms with E-state index in [-0.39, 0.29) is 11.1 Å². The Morgan fingerprint density at radius 2 is 2.26 bits per heavy atom. The molecule has 1 saturated heterocycles. The van der Waals surface area contributed by atoms with Gasteiger partial charge in [0.05, 0.1) is 35.5 Å². The number of halogens is 2. The average Bonchev–Trinajstić information content (AvgIpc) is 3.12. The summed E-state index contributed by atoms with van der Waals surface area (Å²) in [5.41, 5.74) is 7.87. The lowest BCUT2D eigenvalue weighted by Crippen LogP contribution is -2.27. The van der Waals surface area contributed by atoms with Crippen LogP contribution in [0.15, 0.2) is 18.2 Å². The van der Waals surface area contributed by atoms with E-state index in [1.54, 1.807) is 6.07 Å². The van der Waals surface area contributed by atoms with Crippen LogP contribution in [-0.4, -0.2) is 28.9 Å². The fraction of sp³-hybridized carbons (Fsp3) is 0.375. The van der Waals surface area contributed by atoms with Gasteiger partial charge in [-0.25, -0.2) is 4.39 Å². The number of nitrogens with two attached hydrogens (primary N) is 1. The van der Waals surface area contributed by atoms with E-state index in [1.807, 2.05) is 4.68 Å². The monoisotopic (exact) mass is 335 g/mol. The Hall–Kier alpha value is -1.92. The summed E-state index contributed by atoms with van der Waals surface area (Å²) in [6.07, 6.45) is 1.67. The zero-order valence-corrected chi connectivity index (χ0v) is 13.0. The number of fused-ring (bicyclic) bond motifs is 3. The van der Waals surface area contributed by atoms with Crippen LogP contribution in [-0.2, 0) is 11.2 Å². The number of aromatic nitrogens is 2. The fourth-order valence-corrected chi connectivity index (χ4v) is 3.72. The molecule has 120 valence electrons. The molecule has 1 aromatic carbocycles. The first-order valence-corrected chi connectivity index (χ1v) is 7.88. The van der Waals surface area contributed by atoms with Crippen LogP contribution < -0.4 is 5.73 Å². The van der Waals surface area contributed by atoms with Crippen molar-refractivity contribution in [3.8, 4) is 11.3 Å². The summed E-state index contributed by atoms with van der Waals surface area (Å²) in [6.45, 7) is 1.30. The SMILES string of the molecule is NC(=O)c1c(-c2ccc(F)c(Cl)c2)nn2c1CC[C@@H]1COC[C@@H]12. The van der Waals surface area contributed by atoms with E-state index in [2.05, 4.69) is 5.10 Å². The van der Waals surface area contributed by atoms with E-state index in [9.17, 15) is 9.18 Å². The fourth-order valence-electron chi connectivity index (χ4n) is 3.54. The first-order valence-electron chi connectivity index (χ1n) is 7.50. The molecule has 0 unspecified atom stereocenters. The molecule has 2 aromatic rings. The van der Waals surface area contributed by atoms with Crippen LogP contribution in [0.4, 0.5) is 4.39 Å². The molecule has 2 atom stereocenters. The Morgan fingerprint density at radius 1 is 1.43 bits per heavy atom. The molecular formula is C16H15ClFN3O2. The number of hydrogen-bond acceptors (Lipinski definition) is 3. The second kappa shape index (κ2) is 5.32. The van der Waals surface area contributed by atoms with Gasteiger partial charge in [0.25, 0.3) is 5.91 Å². The Morgan fingerprint density at radius 3 is 3.00 bits per heavy atom. The molecule has 23 heavy (non-hydrogen) atoms. The molecule has 3 heterocycles. The molecule has 2 N–H and O–H groups in total. The van der Waals surface area contributed by atoms with Crippen LogP contribution in [0.5, 0.6) is 0 Å². The van der Waals surface area contributed by atoms with Gasteiger partial charge in [0.2, 0.25) is 0 Å². The standard InChI is InChI=1S/C16H15ClFN3O2/c17-10-5-8(1-3-11(10)18)15-14(16(19)22)12-4-2-9-6-23-7-13(9)21(12)20-15/h1,3,5,9,13H,2,4,6-7H2,(H2,19,22)/t9-,13+/m1/s1. The molecule has 1 fully saturated rings. The Labute approximate surface area is 137 Å². The van der Waals surface area contributed by atoms with Crippen molar-refractivity contribution in [2.24, 2.45) is 11.7 Å². The number of benzene rings is 1. The third-order valence-electron chi connectivity index (χ3n) is 4.68. The molecule has 0 saturated carbocycles. The van der Waals surface area contributed by atoms with Crippen molar-refractivity contribution in [3.05, 3.63) is 40.3 Å². The van der Waals surface area contributed by atoms with Crippen molar-refractivity contribution in [2.45, 2.75) is 18.9 Å². The second-order valence-corrected chi connectivity index (χ2v) is 6.42. The van der Waals surface area contributed by atoms with Gasteiger partial charge in [-0.2, -0.15) is 5.10 Å². The van der Waals surface area contributed by atoms with Gasteiger partial charge >= 0.3 is 0 Å². The second-order valence-electron chi connectivity index (χ2n) is 6.01. The van der Waals surface area contributed by atoms with E-state index in [1.165, 1.54) is 12.1 Å². The van der Waals surface area contributed by atoms with E-state index in [4.69, 9.17) is 22.1 Å². The maximum atomic E-state index is 13.4. The Bertz CT molecular complexity index is 805. The average molecular weight is 336 g/mol. The highest BCUT2D eigenvalue weighted by molar-refractivity contribution is 6.31. The quantitative estimate of drug-likeness (QED) is 0.917. The lowest BCUT2D eigenvalue weighted by atomic mass is 9.91. The molecule has 1 amide bonds. The predicted molar refractivity (Wildman–Crippen MR) is 82.8 cm³/mol. The number of primary amides is 1. The van der Waals surface area contributed by atoms with Gasteiger partial charge < -0.3 is 10.5 Å². The highest BCUT2D eigenvalue weighted by Crippen LogP contribution is 2.39. The largest absolute Gasteiger partial charge is 0.379 e. The Balaban J connectivity index is 1.90. The first-order chi connectivity index (χ1) is 11.1. The summed E-state index contributed by atoms with van der Waals surface area (Å²) in [5, 5.41) is 4.60. The van der Waals surface area contributed by atoms with Crippen LogP contribution in [0.2, 0.25) is 5.02 Å². The van der Waals surface area contributed by atoms with E-state index < -0.39 is 11.7 Å². The Kier molecular flexibility index (Phi) is 3.39. The lowest BCUT2D eigenvalue weighted by molar-refractivity contribution is 0.0999. The summed E-state index contributed by atoms with van der Waals surface area (Å²) in [6, 6.07) is 4.43. The maximum Gasteiger partial charge on any atom is 0.252 e. The molecule has 2 aliphatic rings. The molecule has 5 nitrogen and oxygen atoms in total. The number of nitrogens with zero attached hydrogens (tertiary/aromatic N) is 2. The van der Waals surface area contributed by atoms with E-state index in [0.717, 1.165) is 18.5 Å². The minimum absolute atomic E-state index is 0.00836. The molecule has 1 aromatic heterocycles. The van der Waals surface area contributed by atoms with Crippen LogP contribution >= 0.6 is 11.6 Å². The molecule has 7 heteroatoms. The topological polar surface area (TPSA) is 70.1 Å². The first kappa shape index (κ1) is 14.7. The van der Waals surface area contributed by atoms with Gasteiger partial charge in [0.1, 0.15) is 11.5 Å². The normalized spacial score (nSPS) is 22.7. The molecule has 0 aliphatic carbocycles. The van der Waals surface area contributed by atoms with Gasteiger partial charge in [-0.15, -0.1) is 0 Å². The molecule has 0 spiro atoms.